The van der Waals surface area contributed by atoms with Crippen molar-refractivity contribution in [3.05, 3.63) is 62.5 Å². The standard InChI is InChI=1S/C15H12Br2O2/c1-2-19-14-6-4-3-5-12(14)15(18)11-8-7-10(16)9-13(11)17/h3-9H,2H2,1H3. The first-order valence-electron chi connectivity index (χ1n) is 5.85. The zero-order chi connectivity index (χ0) is 13.8. The van der Waals surface area contributed by atoms with Crippen molar-refractivity contribution in [2.75, 3.05) is 6.61 Å². The maximum absolute atomic E-state index is 12.5. The number of para-hydroxylation sites is 1. The van der Waals surface area contributed by atoms with Crippen molar-refractivity contribution in [3.8, 4) is 5.75 Å². The molecule has 2 rings (SSSR count). The molecule has 0 saturated heterocycles. The van der Waals surface area contributed by atoms with Gasteiger partial charge in [-0.15, -0.1) is 0 Å². The zero-order valence-corrected chi connectivity index (χ0v) is 13.5. The average molecular weight is 384 g/mol. The van der Waals surface area contributed by atoms with Crippen LogP contribution in [0.2, 0.25) is 0 Å². The molecule has 19 heavy (non-hydrogen) atoms. The zero-order valence-electron chi connectivity index (χ0n) is 10.3. The molecule has 2 aromatic rings. The van der Waals surface area contributed by atoms with E-state index in [-0.39, 0.29) is 5.78 Å². The van der Waals surface area contributed by atoms with Gasteiger partial charge >= 0.3 is 0 Å². The Balaban J connectivity index is 2.44. The highest BCUT2D eigenvalue weighted by atomic mass is 79.9. The molecule has 0 spiro atoms. The Morgan fingerprint density at radius 1 is 1.11 bits per heavy atom. The molecule has 0 atom stereocenters. The van der Waals surface area contributed by atoms with Gasteiger partial charge in [0.15, 0.2) is 5.78 Å². The van der Waals surface area contributed by atoms with Crippen LogP contribution in [0, 0.1) is 0 Å². The van der Waals surface area contributed by atoms with Gasteiger partial charge in [0.2, 0.25) is 0 Å². The predicted molar refractivity (Wildman–Crippen MR) is 82.9 cm³/mol. The Hall–Kier alpha value is -1.13. The van der Waals surface area contributed by atoms with E-state index in [1.807, 2.05) is 37.3 Å². The summed E-state index contributed by atoms with van der Waals surface area (Å²) in [5, 5.41) is 0. The van der Waals surface area contributed by atoms with Crippen LogP contribution < -0.4 is 4.74 Å². The molecular formula is C15H12Br2O2. The van der Waals surface area contributed by atoms with Crippen LogP contribution in [0.25, 0.3) is 0 Å². The molecule has 0 aromatic heterocycles. The first-order chi connectivity index (χ1) is 9.13. The maximum atomic E-state index is 12.5. The number of carbonyl (C=O) groups excluding carboxylic acids is 1. The number of rotatable bonds is 4. The second kappa shape index (κ2) is 6.35. The summed E-state index contributed by atoms with van der Waals surface area (Å²) in [7, 11) is 0. The lowest BCUT2D eigenvalue weighted by atomic mass is 10.0. The Kier molecular flexibility index (Phi) is 4.77. The van der Waals surface area contributed by atoms with Gasteiger partial charge in [-0.25, -0.2) is 0 Å². The Bertz CT molecular complexity index is 609. The number of ketones is 1. The van der Waals surface area contributed by atoms with Crippen LogP contribution in [0.3, 0.4) is 0 Å². The van der Waals surface area contributed by atoms with Crippen molar-refractivity contribution in [2.24, 2.45) is 0 Å². The molecule has 0 heterocycles. The second-order valence-electron chi connectivity index (χ2n) is 3.88. The average Bonchev–Trinajstić information content (AvgIpc) is 2.39. The van der Waals surface area contributed by atoms with Gasteiger partial charge in [-0.1, -0.05) is 28.1 Å². The molecule has 4 heteroatoms. The molecule has 0 N–H and O–H groups in total. The van der Waals surface area contributed by atoms with E-state index in [0.29, 0.717) is 23.5 Å². The Labute approximate surface area is 129 Å². The molecule has 0 aliphatic carbocycles. The summed E-state index contributed by atoms with van der Waals surface area (Å²) in [6.45, 7) is 2.43. The fourth-order valence-corrected chi connectivity index (χ4v) is 2.98. The van der Waals surface area contributed by atoms with Crippen LogP contribution in [0.1, 0.15) is 22.8 Å². The monoisotopic (exact) mass is 382 g/mol. The van der Waals surface area contributed by atoms with Gasteiger partial charge in [-0.3, -0.25) is 4.79 Å². The van der Waals surface area contributed by atoms with Crippen molar-refractivity contribution in [1.82, 2.24) is 0 Å². The van der Waals surface area contributed by atoms with Crippen LogP contribution in [0.15, 0.2) is 51.4 Å². The van der Waals surface area contributed by atoms with Gasteiger partial charge in [-0.05, 0) is 53.2 Å². The minimum absolute atomic E-state index is 0.0524. The van der Waals surface area contributed by atoms with E-state index in [9.17, 15) is 4.79 Å². The van der Waals surface area contributed by atoms with E-state index in [1.165, 1.54) is 0 Å². The lowest BCUT2D eigenvalue weighted by molar-refractivity contribution is 0.103. The van der Waals surface area contributed by atoms with Gasteiger partial charge in [0, 0.05) is 14.5 Å². The number of carbonyl (C=O) groups is 1. The summed E-state index contributed by atoms with van der Waals surface area (Å²) in [4.78, 5) is 12.5. The third-order valence-electron chi connectivity index (χ3n) is 2.61. The summed E-state index contributed by atoms with van der Waals surface area (Å²) < 4.78 is 7.19. The number of halogens is 2. The van der Waals surface area contributed by atoms with E-state index in [4.69, 9.17) is 4.74 Å². The molecule has 0 unspecified atom stereocenters. The molecule has 0 bridgehead atoms. The fourth-order valence-electron chi connectivity index (χ4n) is 1.75. The summed E-state index contributed by atoms with van der Waals surface area (Å²) in [6.07, 6.45) is 0. The summed E-state index contributed by atoms with van der Waals surface area (Å²) in [5.74, 6) is 0.563. The van der Waals surface area contributed by atoms with E-state index >= 15 is 0 Å². The van der Waals surface area contributed by atoms with Gasteiger partial charge in [0.05, 0.1) is 12.2 Å². The van der Waals surface area contributed by atoms with E-state index in [0.717, 1.165) is 8.95 Å². The van der Waals surface area contributed by atoms with Crippen LogP contribution in [0.5, 0.6) is 5.75 Å². The largest absolute Gasteiger partial charge is 0.493 e. The van der Waals surface area contributed by atoms with Gasteiger partial charge in [-0.2, -0.15) is 0 Å². The first kappa shape index (κ1) is 14.3. The lowest BCUT2D eigenvalue weighted by Gasteiger charge is -2.10. The van der Waals surface area contributed by atoms with Gasteiger partial charge < -0.3 is 4.74 Å². The van der Waals surface area contributed by atoms with Crippen LogP contribution in [-0.2, 0) is 0 Å². The molecule has 98 valence electrons. The third kappa shape index (κ3) is 3.25. The van der Waals surface area contributed by atoms with Crippen LogP contribution in [-0.4, -0.2) is 12.4 Å². The van der Waals surface area contributed by atoms with E-state index in [1.54, 1.807) is 12.1 Å². The molecule has 0 saturated carbocycles. The third-order valence-corrected chi connectivity index (χ3v) is 3.76. The summed E-state index contributed by atoms with van der Waals surface area (Å²) in [5.41, 5.74) is 1.20. The van der Waals surface area contributed by atoms with Gasteiger partial charge in [0.1, 0.15) is 5.75 Å². The molecule has 2 aromatic carbocycles. The summed E-state index contributed by atoms with van der Waals surface area (Å²) in [6, 6.07) is 12.8. The topological polar surface area (TPSA) is 26.3 Å². The predicted octanol–water partition coefficient (Wildman–Crippen LogP) is 4.84. The maximum Gasteiger partial charge on any atom is 0.197 e. The quantitative estimate of drug-likeness (QED) is 0.706. The minimum Gasteiger partial charge on any atom is -0.493 e. The fraction of sp³-hybridized carbons (Fsp3) is 0.133. The molecule has 0 fully saturated rings. The minimum atomic E-state index is -0.0524. The number of ether oxygens (including phenoxy) is 1. The SMILES string of the molecule is CCOc1ccccc1C(=O)c1ccc(Br)cc1Br. The number of benzene rings is 2. The Morgan fingerprint density at radius 3 is 2.53 bits per heavy atom. The van der Waals surface area contributed by atoms with Crippen molar-refractivity contribution in [3.63, 3.8) is 0 Å². The molecule has 0 aliphatic heterocycles. The van der Waals surface area contributed by atoms with Crippen LogP contribution in [0.4, 0.5) is 0 Å². The summed E-state index contributed by atoms with van der Waals surface area (Å²) >= 11 is 6.79. The molecule has 2 nitrogen and oxygen atoms in total. The van der Waals surface area contributed by atoms with Crippen molar-refractivity contribution >= 4 is 37.6 Å². The van der Waals surface area contributed by atoms with E-state index < -0.39 is 0 Å². The number of hydrogen-bond donors (Lipinski definition) is 0. The van der Waals surface area contributed by atoms with Crippen LogP contribution >= 0.6 is 31.9 Å². The van der Waals surface area contributed by atoms with Crippen molar-refractivity contribution in [2.45, 2.75) is 6.92 Å². The normalized spacial score (nSPS) is 10.3. The highest BCUT2D eigenvalue weighted by Crippen LogP contribution is 2.27. The second-order valence-corrected chi connectivity index (χ2v) is 5.65. The number of hydrogen-bond acceptors (Lipinski definition) is 2. The lowest BCUT2D eigenvalue weighted by Crippen LogP contribution is -2.06. The van der Waals surface area contributed by atoms with E-state index in [2.05, 4.69) is 31.9 Å². The first-order valence-corrected chi connectivity index (χ1v) is 7.43. The molecule has 0 aliphatic rings. The van der Waals surface area contributed by atoms with Crippen molar-refractivity contribution < 1.29 is 9.53 Å². The molecular weight excluding hydrogens is 372 g/mol. The highest BCUT2D eigenvalue weighted by Gasteiger charge is 2.16. The van der Waals surface area contributed by atoms with Crippen molar-refractivity contribution in [1.29, 1.82) is 0 Å². The molecule has 0 amide bonds. The molecule has 0 radical (unpaired) electrons. The smallest absolute Gasteiger partial charge is 0.197 e. The van der Waals surface area contributed by atoms with Gasteiger partial charge in [0.25, 0.3) is 0 Å². The Morgan fingerprint density at radius 2 is 1.84 bits per heavy atom. The highest BCUT2D eigenvalue weighted by molar-refractivity contribution is 9.11.